The molecule has 0 aliphatic carbocycles. The molecule has 3 heterocycles. The van der Waals surface area contributed by atoms with Crippen molar-refractivity contribution in [3.63, 3.8) is 0 Å². The van der Waals surface area contributed by atoms with Crippen LogP contribution in [0, 0.1) is 25.2 Å². The van der Waals surface area contributed by atoms with Crippen LogP contribution in [0.15, 0.2) is 74.4 Å². The average Bonchev–Trinajstić information content (AvgIpc) is 3.19. The molecule has 3 aliphatic rings. The molecule has 0 saturated carbocycles. The van der Waals surface area contributed by atoms with Gasteiger partial charge in [0.1, 0.15) is 37.7 Å². The molecule has 1 saturated heterocycles. The number of likely N-dealkylation sites (N-methyl/N-ethyl adjacent to an activating group) is 1. The van der Waals surface area contributed by atoms with Crippen molar-refractivity contribution in [1.82, 2.24) is 20.4 Å². The van der Waals surface area contributed by atoms with Gasteiger partial charge in [0.15, 0.2) is 28.1 Å². The van der Waals surface area contributed by atoms with E-state index in [0.29, 0.717) is 41.0 Å². The third kappa shape index (κ3) is 7.77. The van der Waals surface area contributed by atoms with E-state index in [2.05, 4.69) is 57.6 Å². The lowest BCUT2D eigenvalue weighted by Crippen LogP contribution is -2.69. The van der Waals surface area contributed by atoms with Crippen LogP contribution >= 0.6 is 12.2 Å². The maximum Gasteiger partial charge on any atom is 0.242 e. The summed E-state index contributed by atoms with van der Waals surface area (Å²) in [4.78, 5) is 18.4. The van der Waals surface area contributed by atoms with Gasteiger partial charge in [-0.1, -0.05) is 62.2 Å². The normalized spacial score (nSPS) is 21.2. The quantitative estimate of drug-likeness (QED) is 0.106. The van der Waals surface area contributed by atoms with Crippen LogP contribution < -0.4 is 34.9 Å². The second-order valence-corrected chi connectivity index (χ2v) is 15.0. The Labute approximate surface area is 340 Å². The van der Waals surface area contributed by atoms with Gasteiger partial charge in [-0.15, -0.1) is 0 Å². The number of phenolic OH excluding ortho intramolecular Hbond substituents is 1. The van der Waals surface area contributed by atoms with Crippen LogP contribution in [0.25, 0.3) is 0 Å². The van der Waals surface area contributed by atoms with Crippen LogP contribution in [0.1, 0.15) is 52.4 Å². The number of nitrogens with zero attached hydrogens (tertiary/aromatic N) is 3. The van der Waals surface area contributed by atoms with Gasteiger partial charge < -0.3 is 40.0 Å². The van der Waals surface area contributed by atoms with E-state index < -0.39 is 18.1 Å². The zero-order valence-electron chi connectivity index (χ0n) is 33.3. The van der Waals surface area contributed by atoms with Crippen LogP contribution in [-0.2, 0) is 17.6 Å². The summed E-state index contributed by atoms with van der Waals surface area (Å²) in [5.74, 6) is 1.78. The second-order valence-electron chi connectivity index (χ2n) is 14.6. The summed E-state index contributed by atoms with van der Waals surface area (Å²) in [6, 6.07) is 11.3. The highest BCUT2D eigenvalue weighted by atomic mass is 32.1. The van der Waals surface area contributed by atoms with Gasteiger partial charge >= 0.3 is 0 Å². The van der Waals surface area contributed by atoms with Crippen molar-refractivity contribution in [2.45, 2.75) is 69.9 Å². The van der Waals surface area contributed by atoms with Gasteiger partial charge in [0.25, 0.3) is 0 Å². The third-order valence-electron chi connectivity index (χ3n) is 11.1. The van der Waals surface area contributed by atoms with E-state index in [4.69, 9.17) is 31.2 Å². The van der Waals surface area contributed by atoms with Gasteiger partial charge in [0, 0.05) is 46.6 Å². The number of rotatable bonds is 15. The van der Waals surface area contributed by atoms with Gasteiger partial charge in [0.05, 0.1) is 25.3 Å². The highest BCUT2D eigenvalue weighted by Gasteiger charge is 2.56. The molecule has 2 bridgehead atoms. The van der Waals surface area contributed by atoms with Crippen molar-refractivity contribution < 1.29 is 28.8 Å². The summed E-state index contributed by atoms with van der Waals surface area (Å²) in [7, 11) is 3.57. The molecule has 0 spiro atoms. The van der Waals surface area contributed by atoms with E-state index in [-0.39, 0.29) is 56.1 Å². The maximum absolute atomic E-state index is 14.0. The monoisotopic (exact) mass is 792 g/mol. The first-order valence-electron chi connectivity index (χ1n) is 19.1. The summed E-state index contributed by atoms with van der Waals surface area (Å²) in [6.45, 7) is 18.0. The number of nitriles is 1. The molecule has 3 aliphatic heterocycles. The van der Waals surface area contributed by atoms with Gasteiger partial charge in [0.2, 0.25) is 5.91 Å². The number of hydrogen-bond acceptors (Lipinski definition) is 10. The van der Waals surface area contributed by atoms with Crippen LogP contribution in [0.5, 0.6) is 28.7 Å². The third-order valence-corrected chi connectivity index (χ3v) is 11.4. The first-order chi connectivity index (χ1) is 27.5. The Morgan fingerprint density at radius 2 is 1.65 bits per heavy atom. The van der Waals surface area contributed by atoms with Crippen LogP contribution in [0.4, 0.5) is 5.69 Å². The number of aryl methyl sites for hydroxylation is 1. The van der Waals surface area contributed by atoms with E-state index in [0.717, 1.165) is 39.1 Å². The van der Waals surface area contributed by atoms with Crippen molar-refractivity contribution in [2.24, 2.45) is 0 Å². The van der Waals surface area contributed by atoms with Crippen molar-refractivity contribution in [3.8, 4) is 34.8 Å². The Kier molecular flexibility index (Phi) is 12.8. The number of para-hydroxylation sites is 1. The molecule has 12 nitrogen and oxygen atoms in total. The number of nitrogens with one attached hydrogen (secondary N) is 3. The fourth-order valence-electron chi connectivity index (χ4n) is 8.81. The van der Waals surface area contributed by atoms with E-state index in [9.17, 15) is 15.2 Å². The predicted molar refractivity (Wildman–Crippen MR) is 225 cm³/mol. The van der Waals surface area contributed by atoms with E-state index in [1.54, 1.807) is 32.3 Å². The molecular weight excluding hydrogens is 741 g/mol. The van der Waals surface area contributed by atoms with Crippen molar-refractivity contribution in [1.29, 1.82) is 5.26 Å². The number of ether oxygens (including phenoxy) is 4. The first-order valence-corrected chi connectivity index (χ1v) is 19.5. The van der Waals surface area contributed by atoms with E-state index in [1.165, 1.54) is 0 Å². The van der Waals surface area contributed by atoms with Gasteiger partial charge in [-0.3, -0.25) is 14.6 Å². The molecule has 0 unspecified atom stereocenters. The summed E-state index contributed by atoms with van der Waals surface area (Å²) in [6.07, 6.45) is 5.95. The molecule has 0 aromatic heterocycles. The molecule has 1 amide bonds. The maximum atomic E-state index is 14.0. The number of piperazine rings is 1. The summed E-state index contributed by atoms with van der Waals surface area (Å²) >= 11 is 5.55. The summed E-state index contributed by atoms with van der Waals surface area (Å²) in [5, 5.41) is 32.7. The molecule has 4 N–H and O–H groups in total. The van der Waals surface area contributed by atoms with Crippen molar-refractivity contribution in [2.75, 3.05) is 45.8 Å². The number of thiocarbonyl (C=S) groups is 1. The Balaban J connectivity index is 1.51. The largest absolute Gasteiger partial charge is 0.504 e. The Morgan fingerprint density at radius 3 is 2.28 bits per heavy atom. The number of methoxy groups -OCH3 is 1. The van der Waals surface area contributed by atoms with Crippen molar-refractivity contribution in [3.05, 3.63) is 108 Å². The highest BCUT2D eigenvalue weighted by molar-refractivity contribution is 7.80. The number of fused-ring (bicyclic) bond motifs is 7. The van der Waals surface area contributed by atoms with Gasteiger partial charge in [-0.05, 0) is 76.1 Å². The fourth-order valence-corrected chi connectivity index (χ4v) is 9.10. The van der Waals surface area contributed by atoms with Crippen LogP contribution in [-0.4, -0.2) is 90.6 Å². The predicted octanol–water partition coefficient (Wildman–Crippen LogP) is 5.97. The summed E-state index contributed by atoms with van der Waals surface area (Å²) in [5.41, 5.74) is 5.70. The average molecular weight is 793 g/mol. The van der Waals surface area contributed by atoms with Gasteiger partial charge in [-0.2, -0.15) is 5.26 Å². The fraction of sp³-hybridized carbons (Fsp3) is 0.386. The lowest BCUT2D eigenvalue weighted by Gasteiger charge is -2.60. The Morgan fingerprint density at radius 1 is 1.00 bits per heavy atom. The second kappa shape index (κ2) is 17.7. The Hall–Kier alpha value is -5.55. The lowest BCUT2D eigenvalue weighted by atomic mass is 9.71. The molecule has 3 aromatic carbocycles. The minimum atomic E-state index is -0.710. The van der Waals surface area contributed by atoms with Crippen molar-refractivity contribution >= 4 is 28.9 Å². The number of carbonyl (C=O) groups excluding carboxylic acids is 1. The molecule has 300 valence electrons. The van der Waals surface area contributed by atoms with Crippen LogP contribution in [0.2, 0.25) is 0 Å². The van der Waals surface area contributed by atoms with E-state index in [1.807, 2.05) is 51.2 Å². The Bertz CT molecular complexity index is 2090. The number of phenols is 1. The number of benzene rings is 3. The molecule has 0 radical (unpaired) electrons. The smallest absolute Gasteiger partial charge is 0.242 e. The zero-order valence-corrected chi connectivity index (χ0v) is 34.1. The zero-order chi connectivity index (χ0) is 41.0. The standard InChI is InChI=1S/C44H52N6O6S/c1-9-17-54-40-26(5)41(55-18-10-2)42(56-19-11-3)36-30(40)22-32-37-35-28(20-25(4)39(53-8)38(35)51)21-31(49(37)7)33(23-45)50(32)34(36)24-46-43(52)27(6)47-44(57)48-29-15-13-12-14-16-29/h9-16,20,27,31-34,37,51H,1-3,17-19,21-22,24H2,4-8H3,(H,46,52)(H2,47,48,57)/t27-,31+,32-,33-,34-,37-/m0/s1. The van der Waals surface area contributed by atoms with Gasteiger partial charge in [-0.25, -0.2) is 0 Å². The molecule has 1 fully saturated rings. The van der Waals surface area contributed by atoms with Crippen LogP contribution in [0.3, 0.4) is 0 Å². The first kappa shape index (κ1) is 41.1. The molecule has 6 atom stereocenters. The topological polar surface area (TPSA) is 141 Å². The number of anilines is 1. The molecule has 13 heteroatoms. The highest BCUT2D eigenvalue weighted by Crippen LogP contribution is 2.57. The van der Waals surface area contributed by atoms with E-state index >= 15 is 0 Å². The number of amides is 1. The molecule has 57 heavy (non-hydrogen) atoms. The number of hydrogen-bond donors (Lipinski definition) is 4. The lowest BCUT2D eigenvalue weighted by molar-refractivity contribution is -0.123. The minimum Gasteiger partial charge on any atom is -0.504 e. The molecule has 6 rings (SSSR count). The number of aromatic hydroxyl groups is 1. The summed E-state index contributed by atoms with van der Waals surface area (Å²) < 4.78 is 25.1. The molecule has 3 aromatic rings. The SMILES string of the molecule is C=CCOc1c(C)c(OCC=C)c(OCC=C)c2c1C[C@H]1[C@H]3c4c(cc(C)c(OC)c4O)C[C@H]([C@H](C#N)N1[C@H]2CNC(=O)[C@H](C)NC(=S)Nc1ccccc1)N3C. The minimum absolute atomic E-state index is 0.0938. The molecular formula is C44H52N6O6S. The number of carbonyl (C=O) groups is 1.